The molecule has 2 rings (SSSR count). The van der Waals surface area contributed by atoms with Crippen molar-refractivity contribution in [3.63, 3.8) is 0 Å². The van der Waals surface area contributed by atoms with Gasteiger partial charge in [-0.2, -0.15) is 5.10 Å². The molecule has 1 amide bonds. The van der Waals surface area contributed by atoms with Crippen molar-refractivity contribution < 1.29 is 9.53 Å². The Morgan fingerprint density at radius 3 is 2.71 bits per heavy atom. The molecule has 0 saturated carbocycles. The highest BCUT2D eigenvalue weighted by molar-refractivity contribution is 7.18. The summed E-state index contributed by atoms with van der Waals surface area (Å²) in [6.07, 6.45) is 0. The number of para-hydroxylation sites is 1. The van der Waals surface area contributed by atoms with Gasteiger partial charge < -0.3 is 4.74 Å². The molecule has 1 aromatic heterocycles. The summed E-state index contributed by atoms with van der Waals surface area (Å²) in [5.41, 5.74) is 3.10. The number of thiophene rings is 1. The highest BCUT2D eigenvalue weighted by atomic mass is 35.5. The second-order valence-electron chi connectivity index (χ2n) is 4.06. The number of ether oxygens (including phenoxy) is 1. The molecule has 0 aliphatic heterocycles. The maximum atomic E-state index is 11.7. The van der Waals surface area contributed by atoms with Crippen molar-refractivity contribution in [3.05, 3.63) is 50.6 Å². The van der Waals surface area contributed by atoms with Crippen molar-refractivity contribution in [1.29, 1.82) is 0 Å². The Kier molecular flexibility index (Phi) is 5.61. The van der Waals surface area contributed by atoms with E-state index in [-0.39, 0.29) is 12.5 Å². The lowest BCUT2D eigenvalue weighted by molar-refractivity contribution is -0.123. The molecule has 2 aromatic rings. The third kappa shape index (κ3) is 4.74. The van der Waals surface area contributed by atoms with E-state index < -0.39 is 0 Å². The van der Waals surface area contributed by atoms with Gasteiger partial charge in [0, 0.05) is 0 Å². The van der Waals surface area contributed by atoms with Crippen LogP contribution in [0.1, 0.15) is 11.8 Å². The summed E-state index contributed by atoms with van der Waals surface area (Å²) in [6, 6.07) is 10.6. The van der Waals surface area contributed by atoms with Crippen LogP contribution in [0.3, 0.4) is 0 Å². The number of hydrazone groups is 1. The van der Waals surface area contributed by atoms with E-state index in [2.05, 4.69) is 10.5 Å². The molecule has 0 spiro atoms. The topological polar surface area (TPSA) is 50.7 Å². The molecule has 21 heavy (non-hydrogen) atoms. The smallest absolute Gasteiger partial charge is 0.277 e. The van der Waals surface area contributed by atoms with Gasteiger partial charge in [-0.3, -0.25) is 4.79 Å². The van der Waals surface area contributed by atoms with Crippen LogP contribution in [-0.2, 0) is 4.79 Å². The first kappa shape index (κ1) is 15.8. The molecule has 1 heterocycles. The first-order valence-electron chi connectivity index (χ1n) is 6.02. The maximum absolute atomic E-state index is 11.7. The van der Waals surface area contributed by atoms with E-state index in [4.69, 9.17) is 27.9 Å². The van der Waals surface area contributed by atoms with Crippen LogP contribution in [0.25, 0.3) is 0 Å². The zero-order chi connectivity index (χ0) is 15.2. The van der Waals surface area contributed by atoms with Crippen molar-refractivity contribution in [1.82, 2.24) is 5.43 Å². The largest absolute Gasteiger partial charge is 0.482 e. The number of hydrogen-bond acceptors (Lipinski definition) is 4. The number of carbonyl (C=O) groups excluding carboxylic acids is 1. The zero-order valence-electron chi connectivity index (χ0n) is 11.1. The van der Waals surface area contributed by atoms with Crippen molar-refractivity contribution in [2.75, 3.05) is 6.61 Å². The van der Waals surface area contributed by atoms with Gasteiger partial charge in [0.25, 0.3) is 5.91 Å². The summed E-state index contributed by atoms with van der Waals surface area (Å²) < 4.78 is 5.98. The highest BCUT2D eigenvalue weighted by Crippen LogP contribution is 2.23. The van der Waals surface area contributed by atoms with Crippen molar-refractivity contribution in [2.24, 2.45) is 5.10 Å². The molecule has 0 aliphatic carbocycles. The third-order valence-corrected chi connectivity index (χ3v) is 4.13. The van der Waals surface area contributed by atoms with Crippen molar-refractivity contribution >= 4 is 46.2 Å². The highest BCUT2D eigenvalue weighted by Gasteiger charge is 2.06. The SMILES string of the molecule is C/C(=N\NC(=O)COc1ccccc1Cl)c1ccc(Cl)s1. The second-order valence-corrected chi connectivity index (χ2v) is 6.18. The first-order valence-corrected chi connectivity index (χ1v) is 7.59. The van der Waals surface area contributed by atoms with Crippen molar-refractivity contribution in [3.8, 4) is 5.75 Å². The normalized spacial score (nSPS) is 11.3. The number of benzene rings is 1. The lowest BCUT2D eigenvalue weighted by Gasteiger charge is -2.06. The number of nitrogens with one attached hydrogen (secondary N) is 1. The minimum Gasteiger partial charge on any atom is -0.482 e. The van der Waals surface area contributed by atoms with E-state index in [1.54, 1.807) is 37.3 Å². The zero-order valence-corrected chi connectivity index (χ0v) is 13.4. The summed E-state index contributed by atoms with van der Waals surface area (Å²) in [5, 5.41) is 4.45. The van der Waals surface area contributed by atoms with E-state index in [1.807, 2.05) is 6.07 Å². The van der Waals surface area contributed by atoms with Crippen LogP contribution < -0.4 is 10.2 Å². The van der Waals surface area contributed by atoms with Gasteiger partial charge in [-0.15, -0.1) is 11.3 Å². The van der Waals surface area contributed by atoms with Crippen LogP contribution in [0.5, 0.6) is 5.75 Å². The van der Waals surface area contributed by atoms with Gasteiger partial charge in [0.15, 0.2) is 6.61 Å². The van der Waals surface area contributed by atoms with E-state index in [1.165, 1.54) is 11.3 Å². The van der Waals surface area contributed by atoms with Gasteiger partial charge in [0.2, 0.25) is 0 Å². The molecular formula is C14H12Cl2N2O2S. The minimum absolute atomic E-state index is 0.161. The predicted octanol–water partition coefficient (Wildman–Crippen LogP) is 3.97. The molecular weight excluding hydrogens is 331 g/mol. The van der Waals surface area contributed by atoms with Gasteiger partial charge in [-0.1, -0.05) is 35.3 Å². The third-order valence-electron chi connectivity index (χ3n) is 2.47. The Morgan fingerprint density at radius 1 is 1.29 bits per heavy atom. The van der Waals surface area contributed by atoms with Gasteiger partial charge >= 0.3 is 0 Å². The molecule has 1 N–H and O–H groups in total. The van der Waals surface area contributed by atoms with E-state index in [0.29, 0.717) is 20.8 Å². The van der Waals surface area contributed by atoms with Crippen LogP contribution in [0.2, 0.25) is 9.36 Å². The molecule has 1 aromatic carbocycles. The monoisotopic (exact) mass is 342 g/mol. The molecule has 0 aliphatic rings. The Morgan fingerprint density at radius 2 is 2.05 bits per heavy atom. The average Bonchev–Trinajstić information content (AvgIpc) is 2.90. The summed E-state index contributed by atoms with van der Waals surface area (Å²) in [4.78, 5) is 12.6. The Balaban J connectivity index is 1.86. The van der Waals surface area contributed by atoms with Gasteiger partial charge in [-0.25, -0.2) is 5.43 Å². The number of rotatable bonds is 5. The standard InChI is InChI=1S/C14H12Cl2N2O2S/c1-9(12-6-7-13(16)21-12)17-18-14(19)8-20-11-5-3-2-4-10(11)15/h2-7H,8H2,1H3,(H,18,19)/b17-9+. The maximum Gasteiger partial charge on any atom is 0.277 e. The fourth-order valence-corrected chi connectivity index (χ4v) is 2.63. The van der Waals surface area contributed by atoms with Crippen LogP contribution in [0.15, 0.2) is 41.5 Å². The van der Waals surface area contributed by atoms with Crippen LogP contribution in [0.4, 0.5) is 0 Å². The molecule has 0 saturated heterocycles. The summed E-state index contributed by atoms with van der Waals surface area (Å²) in [7, 11) is 0. The number of carbonyl (C=O) groups is 1. The first-order chi connectivity index (χ1) is 10.1. The second kappa shape index (κ2) is 7.45. The summed E-state index contributed by atoms with van der Waals surface area (Å²) >= 11 is 13.2. The fraction of sp³-hybridized carbons (Fsp3) is 0.143. The quantitative estimate of drug-likeness (QED) is 0.660. The molecule has 7 heteroatoms. The van der Waals surface area contributed by atoms with E-state index in [9.17, 15) is 4.79 Å². The number of amides is 1. The summed E-state index contributed by atoms with van der Waals surface area (Å²) in [5.74, 6) is 0.0944. The number of hydrogen-bond donors (Lipinski definition) is 1. The Labute approximate surface area is 136 Å². The lowest BCUT2D eigenvalue weighted by atomic mass is 10.3. The van der Waals surface area contributed by atoms with Crippen LogP contribution in [0, 0.1) is 0 Å². The van der Waals surface area contributed by atoms with Crippen molar-refractivity contribution in [2.45, 2.75) is 6.92 Å². The van der Waals surface area contributed by atoms with Gasteiger partial charge in [0.05, 0.1) is 19.9 Å². The van der Waals surface area contributed by atoms with Gasteiger partial charge in [0.1, 0.15) is 5.75 Å². The Hall–Kier alpha value is -1.56. The molecule has 110 valence electrons. The lowest BCUT2D eigenvalue weighted by Crippen LogP contribution is -2.25. The molecule has 0 fully saturated rings. The molecule has 0 unspecified atom stereocenters. The fourth-order valence-electron chi connectivity index (χ4n) is 1.45. The van der Waals surface area contributed by atoms with E-state index >= 15 is 0 Å². The van der Waals surface area contributed by atoms with Crippen LogP contribution in [-0.4, -0.2) is 18.2 Å². The number of nitrogens with zero attached hydrogens (tertiary/aromatic N) is 1. The molecule has 4 nitrogen and oxygen atoms in total. The van der Waals surface area contributed by atoms with Crippen LogP contribution >= 0.6 is 34.5 Å². The Bertz CT molecular complexity index is 670. The molecule has 0 atom stereocenters. The van der Waals surface area contributed by atoms with E-state index in [0.717, 1.165) is 4.88 Å². The number of halogens is 2. The molecule has 0 radical (unpaired) electrons. The summed E-state index contributed by atoms with van der Waals surface area (Å²) in [6.45, 7) is 1.63. The van der Waals surface area contributed by atoms with Gasteiger partial charge in [-0.05, 0) is 31.2 Å². The predicted molar refractivity (Wildman–Crippen MR) is 86.6 cm³/mol. The average molecular weight is 343 g/mol. The minimum atomic E-state index is -0.364. The molecule has 0 bridgehead atoms.